The summed E-state index contributed by atoms with van der Waals surface area (Å²) >= 11 is 8.24. The number of ether oxygens (including phenoxy) is 3. The molecule has 13 heteroatoms. The summed E-state index contributed by atoms with van der Waals surface area (Å²) in [6.07, 6.45) is -0.398. The Bertz CT molecular complexity index is 1320. The Morgan fingerprint density at radius 1 is 1.16 bits per heavy atom. The number of methoxy groups -OCH3 is 2. The summed E-state index contributed by atoms with van der Waals surface area (Å²) in [4.78, 5) is 37.3. The van der Waals surface area contributed by atoms with E-state index in [0.29, 0.717) is 33.9 Å². The SMILES string of the molecule is CCn1c(SCC(=O)Nc2sc(C(=O)OC)c(C)c2C(=O)OC)nnc1C(C)Oc1ccc(Cl)c(C)c1. The van der Waals surface area contributed by atoms with Crippen molar-refractivity contribution >= 4 is 57.5 Å². The molecule has 0 saturated carbocycles. The summed E-state index contributed by atoms with van der Waals surface area (Å²) in [7, 11) is 2.47. The molecule has 0 fully saturated rings. The Balaban J connectivity index is 1.72. The number of thiophene rings is 1. The summed E-state index contributed by atoms with van der Waals surface area (Å²) in [5.41, 5.74) is 1.40. The van der Waals surface area contributed by atoms with Crippen molar-refractivity contribution in [3.05, 3.63) is 50.6 Å². The molecule has 0 spiro atoms. The Kier molecular flexibility index (Phi) is 9.57. The molecule has 1 unspecified atom stereocenters. The molecule has 0 aliphatic rings. The lowest BCUT2D eigenvalue weighted by molar-refractivity contribution is -0.113. The third-order valence-electron chi connectivity index (χ3n) is 5.36. The zero-order chi connectivity index (χ0) is 27.3. The number of carbonyl (C=O) groups excluding carboxylic acids is 3. The zero-order valence-corrected chi connectivity index (χ0v) is 23.6. The van der Waals surface area contributed by atoms with Gasteiger partial charge in [0.05, 0.1) is 25.5 Å². The van der Waals surface area contributed by atoms with Crippen LogP contribution in [0.25, 0.3) is 0 Å². The van der Waals surface area contributed by atoms with E-state index in [-0.39, 0.29) is 27.1 Å². The summed E-state index contributed by atoms with van der Waals surface area (Å²) in [6.45, 7) is 7.88. The molecule has 198 valence electrons. The number of benzene rings is 1. The van der Waals surface area contributed by atoms with Gasteiger partial charge in [0.25, 0.3) is 0 Å². The highest BCUT2D eigenvalue weighted by Crippen LogP contribution is 2.34. The molecule has 0 aliphatic carbocycles. The number of nitrogens with zero attached hydrogens (tertiary/aromatic N) is 3. The molecular formula is C24H27ClN4O6S2. The molecule has 2 aromatic heterocycles. The number of hydrogen-bond donors (Lipinski definition) is 1. The molecule has 0 aliphatic heterocycles. The van der Waals surface area contributed by atoms with Gasteiger partial charge in [-0.1, -0.05) is 23.4 Å². The van der Waals surface area contributed by atoms with Gasteiger partial charge in [-0.25, -0.2) is 9.59 Å². The van der Waals surface area contributed by atoms with Gasteiger partial charge in [-0.3, -0.25) is 4.79 Å². The molecule has 0 saturated heterocycles. The van der Waals surface area contributed by atoms with Crippen LogP contribution in [0.4, 0.5) is 5.00 Å². The largest absolute Gasteiger partial charge is 0.483 e. The van der Waals surface area contributed by atoms with Crippen molar-refractivity contribution in [3.8, 4) is 5.75 Å². The molecule has 1 aromatic carbocycles. The highest BCUT2D eigenvalue weighted by molar-refractivity contribution is 7.99. The number of thioether (sulfide) groups is 1. The first-order chi connectivity index (χ1) is 17.6. The highest BCUT2D eigenvalue weighted by Gasteiger charge is 2.27. The van der Waals surface area contributed by atoms with E-state index in [0.717, 1.165) is 16.9 Å². The van der Waals surface area contributed by atoms with Crippen LogP contribution in [0.1, 0.15) is 56.9 Å². The number of hydrogen-bond acceptors (Lipinski definition) is 10. The molecular weight excluding hydrogens is 540 g/mol. The molecule has 10 nitrogen and oxygen atoms in total. The van der Waals surface area contributed by atoms with E-state index in [2.05, 4.69) is 15.5 Å². The number of rotatable bonds is 10. The first-order valence-corrected chi connectivity index (χ1v) is 13.4. The maximum atomic E-state index is 12.8. The highest BCUT2D eigenvalue weighted by atomic mass is 35.5. The lowest BCUT2D eigenvalue weighted by atomic mass is 10.1. The van der Waals surface area contributed by atoms with Crippen LogP contribution in [0.15, 0.2) is 23.4 Å². The second-order valence-corrected chi connectivity index (χ2v) is 10.2. The smallest absolute Gasteiger partial charge is 0.348 e. The predicted molar refractivity (Wildman–Crippen MR) is 142 cm³/mol. The van der Waals surface area contributed by atoms with Crippen LogP contribution >= 0.6 is 34.7 Å². The molecule has 37 heavy (non-hydrogen) atoms. The van der Waals surface area contributed by atoms with Gasteiger partial charge in [0.1, 0.15) is 15.6 Å². The number of anilines is 1. The number of aryl methyl sites for hydroxylation is 1. The van der Waals surface area contributed by atoms with Crippen LogP contribution in [0, 0.1) is 13.8 Å². The summed E-state index contributed by atoms with van der Waals surface area (Å²) in [5.74, 6) is -0.381. The van der Waals surface area contributed by atoms with Crippen LogP contribution < -0.4 is 10.1 Å². The minimum Gasteiger partial charge on any atom is -0.483 e. The molecule has 1 N–H and O–H groups in total. The van der Waals surface area contributed by atoms with Crippen molar-refractivity contribution in [3.63, 3.8) is 0 Å². The lowest BCUT2D eigenvalue weighted by Crippen LogP contribution is -2.17. The van der Waals surface area contributed by atoms with Crippen LogP contribution in [0.3, 0.4) is 0 Å². The predicted octanol–water partition coefficient (Wildman–Crippen LogP) is 5.07. The normalized spacial score (nSPS) is 11.6. The van der Waals surface area contributed by atoms with E-state index in [4.69, 9.17) is 25.8 Å². The van der Waals surface area contributed by atoms with Gasteiger partial charge in [0.2, 0.25) is 5.91 Å². The van der Waals surface area contributed by atoms with Crippen LogP contribution in [0.5, 0.6) is 5.75 Å². The molecule has 1 amide bonds. The molecule has 0 bridgehead atoms. The van der Waals surface area contributed by atoms with E-state index >= 15 is 0 Å². The Labute approximate surface area is 227 Å². The van der Waals surface area contributed by atoms with Gasteiger partial charge in [-0.2, -0.15) is 0 Å². The van der Waals surface area contributed by atoms with Crippen LogP contribution in [-0.4, -0.2) is 52.6 Å². The first-order valence-electron chi connectivity index (χ1n) is 11.2. The second kappa shape index (κ2) is 12.4. The van der Waals surface area contributed by atoms with Crippen LogP contribution in [0.2, 0.25) is 5.02 Å². The van der Waals surface area contributed by atoms with E-state index in [1.807, 2.05) is 31.4 Å². The number of nitrogens with one attached hydrogen (secondary N) is 1. The summed E-state index contributed by atoms with van der Waals surface area (Å²) in [5, 5.41) is 12.6. The molecule has 1 atom stereocenters. The van der Waals surface area contributed by atoms with E-state index in [1.54, 1.807) is 19.1 Å². The number of aromatic nitrogens is 3. The van der Waals surface area contributed by atoms with Crippen molar-refractivity contribution < 1.29 is 28.6 Å². The fraction of sp³-hybridized carbons (Fsp3) is 0.375. The fourth-order valence-electron chi connectivity index (χ4n) is 3.48. The molecule has 3 aromatic rings. The monoisotopic (exact) mass is 566 g/mol. The molecule has 3 rings (SSSR count). The fourth-order valence-corrected chi connectivity index (χ4v) is 5.54. The first kappa shape index (κ1) is 28.5. The number of halogens is 1. The van der Waals surface area contributed by atoms with Gasteiger partial charge < -0.3 is 24.1 Å². The zero-order valence-electron chi connectivity index (χ0n) is 21.2. The standard InChI is InChI=1S/C24H27ClN4O6S2/c1-7-29-20(14(4)35-15-8-9-16(25)12(2)10-15)27-28-24(29)36-11-17(30)26-21-18(22(31)33-5)13(3)19(37-21)23(32)34-6/h8-10,14H,7,11H2,1-6H3,(H,26,30). The summed E-state index contributed by atoms with van der Waals surface area (Å²) < 4.78 is 17.5. The van der Waals surface area contributed by atoms with Crippen molar-refractivity contribution in [2.45, 2.75) is 45.5 Å². The lowest BCUT2D eigenvalue weighted by Gasteiger charge is -2.16. The number of carbonyl (C=O) groups is 3. The minimum absolute atomic E-state index is 0.00509. The second-order valence-electron chi connectivity index (χ2n) is 7.84. The van der Waals surface area contributed by atoms with E-state index < -0.39 is 18.0 Å². The molecule has 2 heterocycles. The van der Waals surface area contributed by atoms with Crippen molar-refractivity contribution in [2.24, 2.45) is 0 Å². The van der Waals surface area contributed by atoms with Crippen molar-refractivity contribution in [1.29, 1.82) is 0 Å². The van der Waals surface area contributed by atoms with Crippen molar-refractivity contribution in [2.75, 3.05) is 25.3 Å². The van der Waals surface area contributed by atoms with Gasteiger partial charge >= 0.3 is 11.9 Å². The maximum Gasteiger partial charge on any atom is 0.348 e. The van der Waals surface area contributed by atoms with Gasteiger partial charge in [0, 0.05) is 11.6 Å². The summed E-state index contributed by atoms with van der Waals surface area (Å²) in [6, 6.07) is 5.42. The van der Waals surface area contributed by atoms with Gasteiger partial charge in [0.15, 0.2) is 17.1 Å². The number of amides is 1. The topological polar surface area (TPSA) is 122 Å². The number of esters is 2. The van der Waals surface area contributed by atoms with Crippen LogP contribution in [-0.2, 0) is 20.8 Å². The minimum atomic E-state index is -0.660. The average molecular weight is 567 g/mol. The Morgan fingerprint density at radius 2 is 1.86 bits per heavy atom. The van der Waals surface area contributed by atoms with E-state index in [9.17, 15) is 14.4 Å². The maximum absolute atomic E-state index is 12.8. The van der Waals surface area contributed by atoms with E-state index in [1.165, 1.54) is 26.0 Å². The van der Waals surface area contributed by atoms with Gasteiger partial charge in [-0.15, -0.1) is 21.5 Å². The average Bonchev–Trinajstić information content (AvgIpc) is 3.44. The van der Waals surface area contributed by atoms with Crippen molar-refractivity contribution in [1.82, 2.24) is 14.8 Å². The quantitative estimate of drug-likeness (QED) is 0.264. The third-order valence-corrected chi connectivity index (χ3v) is 7.94. The Hall–Kier alpha value is -3.09. The van der Waals surface area contributed by atoms with Gasteiger partial charge in [-0.05, 0) is 57.0 Å². The Morgan fingerprint density at radius 3 is 2.49 bits per heavy atom. The third kappa shape index (κ3) is 6.43. The molecule has 0 radical (unpaired) electrons.